The molecule has 152 valence electrons. The summed E-state index contributed by atoms with van der Waals surface area (Å²) in [7, 11) is 0. The summed E-state index contributed by atoms with van der Waals surface area (Å²) in [4.78, 5) is 42.3. The van der Waals surface area contributed by atoms with Crippen molar-refractivity contribution in [1.82, 2.24) is 9.80 Å². The van der Waals surface area contributed by atoms with Gasteiger partial charge in [0.2, 0.25) is 18.2 Å². The number of carbonyl (C=O) groups excluding carboxylic acids is 3. The number of amides is 3. The summed E-state index contributed by atoms with van der Waals surface area (Å²) >= 11 is 0. The van der Waals surface area contributed by atoms with Crippen LogP contribution in [0, 0.1) is 5.41 Å². The van der Waals surface area contributed by atoms with E-state index in [9.17, 15) is 14.4 Å². The van der Waals surface area contributed by atoms with Crippen LogP contribution < -0.4 is 10.2 Å². The number of hydrogen-bond acceptors (Lipinski definition) is 5. The van der Waals surface area contributed by atoms with E-state index in [1.54, 1.807) is 23.6 Å². The zero-order chi connectivity index (χ0) is 20.1. The summed E-state index contributed by atoms with van der Waals surface area (Å²) in [6, 6.07) is 7.62. The Balaban J connectivity index is 1.70. The lowest BCUT2D eigenvalue weighted by Crippen LogP contribution is -2.54. The molecule has 8 heteroatoms. The molecule has 1 N–H and O–H groups in total. The van der Waals surface area contributed by atoms with Crippen LogP contribution in [0.1, 0.15) is 13.8 Å². The van der Waals surface area contributed by atoms with Gasteiger partial charge in [0.25, 0.3) is 0 Å². The molecule has 2 heterocycles. The first kappa shape index (κ1) is 20.1. The van der Waals surface area contributed by atoms with Crippen molar-refractivity contribution in [2.75, 3.05) is 62.7 Å². The molecule has 0 aromatic heterocycles. The number of ether oxygens (including phenoxy) is 1. The summed E-state index contributed by atoms with van der Waals surface area (Å²) in [5.74, 6) is -0.560. The summed E-state index contributed by atoms with van der Waals surface area (Å²) in [5, 5.41) is 2.95. The lowest BCUT2D eigenvalue weighted by atomic mass is 9.89. The molecule has 0 saturated carbocycles. The Morgan fingerprint density at radius 2 is 1.68 bits per heavy atom. The van der Waals surface area contributed by atoms with Crippen LogP contribution >= 0.6 is 0 Å². The SMILES string of the molecule is CC(C)(C(=O)Nc1ccccc1N1CCOCC1)C(=O)N1CCN(C=O)CC1. The van der Waals surface area contributed by atoms with Gasteiger partial charge in [-0.15, -0.1) is 0 Å². The van der Waals surface area contributed by atoms with Gasteiger partial charge < -0.3 is 24.8 Å². The van der Waals surface area contributed by atoms with Crippen LogP contribution in [0.25, 0.3) is 0 Å². The van der Waals surface area contributed by atoms with Crippen molar-refractivity contribution in [3.63, 3.8) is 0 Å². The standard InChI is InChI=1S/C20H28N4O4/c1-20(2,19(27)24-9-7-22(15-25)8-10-24)18(26)21-16-5-3-4-6-17(16)23-11-13-28-14-12-23/h3-6,15H,7-14H2,1-2H3,(H,21,26). The first-order valence-electron chi connectivity index (χ1n) is 9.65. The first-order valence-corrected chi connectivity index (χ1v) is 9.65. The lowest BCUT2D eigenvalue weighted by Gasteiger charge is -2.37. The Hall–Kier alpha value is -2.61. The number of rotatable bonds is 5. The molecule has 1 aromatic carbocycles. The van der Waals surface area contributed by atoms with Gasteiger partial charge in [-0.2, -0.15) is 0 Å². The summed E-state index contributed by atoms with van der Waals surface area (Å²) in [6.45, 7) is 7.99. The number of para-hydroxylation sites is 2. The Bertz CT molecular complexity index is 723. The fraction of sp³-hybridized carbons (Fsp3) is 0.550. The fourth-order valence-corrected chi connectivity index (χ4v) is 3.46. The molecule has 0 spiro atoms. The molecule has 1 aromatic rings. The van der Waals surface area contributed by atoms with Crippen molar-refractivity contribution in [3.8, 4) is 0 Å². The van der Waals surface area contributed by atoms with E-state index in [4.69, 9.17) is 4.74 Å². The van der Waals surface area contributed by atoms with Crippen LogP contribution in [0.5, 0.6) is 0 Å². The second-order valence-corrected chi connectivity index (χ2v) is 7.63. The van der Waals surface area contributed by atoms with Gasteiger partial charge in [-0.1, -0.05) is 12.1 Å². The maximum absolute atomic E-state index is 13.0. The maximum Gasteiger partial charge on any atom is 0.239 e. The molecular formula is C20H28N4O4. The summed E-state index contributed by atoms with van der Waals surface area (Å²) in [6.07, 6.45) is 0.794. The summed E-state index contributed by atoms with van der Waals surface area (Å²) in [5.41, 5.74) is 0.421. The second-order valence-electron chi connectivity index (χ2n) is 7.63. The number of hydrogen-bond donors (Lipinski definition) is 1. The number of benzene rings is 1. The molecule has 3 amide bonds. The van der Waals surface area contributed by atoms with E-state index in [0.717, 1.165) is 25.2 Å². The van der Waals surface area contributed by atoms with Crippen molar-refractivity contribution >= 4 is 29.6 Å². The number of nitrogens with zero attached hydrogens (tertiary/aromatic N) is 3. The number of nitrogens with one attached hydrogen (secondary N) is 1. The number of anilines is 2. The number of morpholine rings is 1. The van der Waals surface area contributed by atoms with Gasteiger partial charge in [0.1, 0.15) is 5.41 Å². The molecular weight excluding hydrogens is 360 g/mol. The average Bonchev–Trinajstić information content (AvgIpc) is 2.74. The van der Waals surface area contributed by atoms with E-state index in [-0.39, 0.29) is 11.8 Å². The molecule has 0 unspecified atom stereocenters. The van der Waals surface area contributed by atoms with Gasteiger partial charge in [0, 0.05) is 39.3 Å². The molecule has 28 heavy (non-hydrogen) atoms. The van der Waals surface area contributed by atoms with Crippen LogP contribution in [0.2, 0.25) is 0 Å². The van der Waals surface area contributed by atoms with Crippen LogP contribution in [-0.2, 0) is 19.1 Å². The molecule has 0 bridgehead atoms. The molecule has 0 aliphatic carbocycles. The predicted octanol–water partition coefficient (Wildman–Crippen LogP) is 0.789. The Morgan fingerprint density at radius 1 is 1.04 bits per heavy atom. The van der Waals surface area contributed by atoms with Gasteiger partial charge in [0.05, 0.1) is 24.6 Å². The quantitative estimate of drug-likeness (QED) is 0.596. The average molecular weight is 388 g/mol. The van der Waals surface area contributed by atoms with Gasteiger partial charge in [-0.25, -0.2) is 0 Å². The molecule has 3 rings (SSSR count). The third-order valence-electron chi connectivity index (χ3n) is 5.36. The van der Waals surface area contributed by atoms with Crippen LogP contribution in [0.3, 0.4) is 0 Å². The topological polar surface area (TPSA) is 82.2 Å². The molecule has 2 aliphatic rings. The molecule has 2 fully saturated rings. The Labute approximate surface area is 165 Å². The molecule has 2 saturated heterocycles. The smallest absolute Gasteiger partial charge is 0.239 e. The predicted molar refractivity (Wildman–Crippen MR) is 106 cm³/mol. The number of piperazine rings is 1. The van der Waals surface area contributed by atoms with E-state index in [1.807, 2.05) is 24.3 Å². The van der Waals surface area contributed by atoms with Gasteiger partial charge >= 0.3 is 0 Å². The highest BCUT2D eigenvalue weighted by atomic mass is 16.5. The second kappa shape index (κ2) is 8.60. The van der Waals surface area contributed by atoms with E-state index in [2.05, 4.69) is 10.2 Å². The molecule has 0 atom stereocenters. The minimum atomic E-state index is -1.21. The van der Waals surface area contributed by atoms with Crippen LogP contribution in [0.4, 0.5) is 11.4 Å². The first-order chi connectivity index (χ1) is 13.4. The lowest BCUT2D eigenvalue weighted by molar-refractivity contribution is -0.148. The van der Waals surface area contributed by atoms with Gasteiger partial charge in [-0.3, -0.25) is 14.4 Å². The zero-order valence-electron chi connectivity index (χ0n) is 16.5. The minimum Gasteiger partial charge on any atom is -0.378 e. The molecule has 0 radical (unpaired) electrons. The van der Waals surface area contributed by atoms with Crippen molar-refractivity contribution in [3.05, 3.63) is 24.3 Å². The Kier molecular flexibility index (Phi) is 6.18. The minimum absolute atomic E-state index is 0.223. The van der Waals surface area contributed by atoms with Crippen molar-refractivity contribution in [2.45, 2.75) is 13.8 Å². The number of carbonyl (C=O) groups is 3. The maximum atomic E-state index is 13.0. The molecule has 2 aliphatic heterocycles. The van der Waals surface area contributed by atoms with Gasteiger partial charge in [-0.05, 0) is 26.0 Å². The van der Waals surface area contributed by atoms with E-state index in [0.29, 0.717) is 45.1 Å². The van der Waals surface area contributed by atoms with Crippen LogP contribution in [0.15, 0.2) is 24.3 Å². The third kappa shape index (κ3) is 4.27. The fourth-order valence-electron chi connectivity index (χ4n) is 3.46. The zero-order valence-corrected chi connectivity index (χ0v) is 16.5. The van der Waals surface area contributed by atoms with E-state index >= 15 is 0 Å². The highest BCUT2D eigenvalue weighted by Crippen LogP contribution is 2.29. The summed E-state index contributed by atoms with van der Waals surface area (Å²) < 4.78 is 5.41. The highest BCUT2D eigenvalue weighted by Gasteiger charge is 2.40. The van der Waals surface area contributed by atoms with Crippen molar-refractivity contribution < 1.29 is 19.1 Å². The molecule has 8 nitrogen and oxygen atoms in total. The normalized spacial score (nSPS) is 18.0. The Morgan fingerprint density at radius 3 is 2.32 bits per heavy atom. The van der Waals surface area contributed by atoms with Crippen molar-refractivity contribution in [2.24, 2.45) is 5.41 Å². The monoisotopic (exact) mass is 388 g/mol. The highest BCUT2D eigenvalue weighted by molar-refractivity contribution is 6.10. The van der Waals surface area contributed by atoms with Crippen molar-refractivity contribution in [1.29, 1.82) is 0 Å². The van der Waals surface area contributed by atoms with E-state index < -0.39 is 5.41 Å². The largest absolute Gasteiger partial charge is 0.378 e. The van der Waals surface area contributed by atoms with Gasteiger partial charge in [0.15, 0.2) is 0 Å². The van der Waals surface area contributed by atoms with E-state index in [1.165, 1.54) is 0 Å². The third-order valence-corrected chi connectivity index (χ3v) is 5.36. The van der Waals surface area contributed by atoms with Crippen LogP contribution in [-0.4, -0.2) is 80.5 Å².